The van der Waals surface area contributed by atoms with Crippen molar-refractivity contribution in [3.05, 3.63) is 59.7 Å². The van der Waals surface area contributed by atoms with E-state index in [1.54, 1.807) is 29.2 Å². The van der Waals surface area contributed by atoms with Crippen LogP contribution < -0.4 is 10.2 Å². The number of amides is 2. The number of carbonyl (C=O) groups excluding carboxylic acids is 4. The number of hydrogen-bond acceptors (Lipinski definition) is 5. The van der Waals surface area contributed by atoms with Gasteiger partial charge in [-0.3, -0.25) is 19.2 Å². The zero-order chi connectivity index (χ0) is 21.0. The van der Waals surface area contributed by atoms with Crippen molar-refractivity contribution in [1.29, 1.82) is 0 Å². The van der Waals surface area contributed by atoms with Gasteiger partial charge < -0.3 is 15.0 Å². The monoisotopic (exact) mass is 394 g/mol. The molecule has 1 fully saturated rings. The third kappa shape index (κ3) is 4.87. The molecule has 150 valence electrons. The number of carbonyl (C=O) groups is 4. The Hall–Kier alpha value is -3.48. The second kappa shape index (κ2) is 8.68. The number of nitrogens with one attached hydrogen (secondary N) is 1. The van der Waals surface area contributed by atoms with Crippen LogP contribution in [0.1, 0.15) is 29.3 Å². The van der Waals surface area contributed by atoms with Gasteiger partial charge in [0.25, 0.3) is 5.91 Å². The molecule has 0 saturated carbocycles. The fourth-order valence-corrected chi connectivity index (χ4v) is 3.20. The predicted octanol–water partition coefficient (Wildman–Crippen LogP) is 2.73. The van der Waals surface area contributed by atoms with Crippen molar-refractivity contribution in [3.63, 3.8) is 0 Å². The average molecular weight is 394 g/mol. The maximum Gasteiger partial charge on any atom is 0.311 e. The molecule has 29 heavy (non-hydrogen) atoms. The topological polar surface area (TPSA) is 92.8 Å². The Balaban J connectivity index is 1.51. The smallest absolute Gasteiger partial charge is 0.311 e. The van der Waals surface area contributed by atoms with E-state index >= 15 is 0 Å². The van der Waals surface area contributed by atoms with Crippen molar-refractivity contribution in [2.24, 2.45) is 5.92 Å². The van der Waals surface area contributed by atoms with Crippen molar-refractivity contribution in [3.8, 4) is 0 Å². The Morgan fingerprint density at radius 2 is 1.79 bits per heavy atom. The molecule has 0 aliphatic carbocycles. The number of anilines is 2. The van der Waals surface area contributed by atoms with Crippen LogP contribution in [0, 0.1) is 12.8 Å². The maximum absolute atomic E-state index is 12.3. The van der Waals surface area contributed by atoms with E-state index in [9.17, 15) is 19.2 Å². The lowest BCUT2D eigenvalue weighted by atomic mass is 10.1. The van der Waals surface area contributed by atoms with Crippen molar-refractivity contribution >= 4 is 34.9 Å². The van der Waals surface area contributed by atoms with Gasteiger partial charge in [-0.25, -0.2) is 0 Å². The highest BCUT2D eigenvalue weighted by Gasteiger charge is 2.36. The molecule has 0 bridgehead atoms. The van der Waals surface area contributed by atoms with Gasteiger partial charge in [-0.1, -0.05) is 18.2 Å². The molecule has 1 saturated heterocycles. The van der Waals surface area contributed by atoms with Gasteiger partial charge in [0.15, 0.2) is 12.4 Å². The van der Waals surface area contributed by atoms with Gasteiger partial charge >= 0.3 is 5.97 Å². The predicted molar refractivity (Wildman–Crippen MR) is 108 cm³/mol. The zero-order valence-electron chi connectivity index (χ0n) is 16.3. The normalized spacial score (nSPS) is 15.9. The number of benzene rings is 2. The van der Waals surface area contributed by atoms with Crippen molar-refractivity contribution in [1.82, 2.24) is 0 Å². The summed E-state index contributed by atoms with van der Waals surface area (Å²) in [7, 11) is 0. The van der Waals surface area contributed by atoms with E-state index in [2.05, 4.69) is 5.32 Å². The first kappa shape index (κ1) is 20.3. The van der Waals surface area contributed by atoms with Crippen LogP contribution in [0.3, 0.4) is 0 Å². The minimum atomic E-state index is -0.607. The molecule has 0 spiro atoms. The summed E-state index contributed by atoms with van der Waals surface area (Å²) in [6, 6.07) is 13.9. The molecular formula is C22H22N2O5. The first-order valence-electron chi connectivity index (χ1n) is 9.28. The summed E-state index contributed by atoms with van der Waals surface area (Å²) in [4.78, 5) is 49.5. The van der Waals surface area contributed by atoms with E-state index in [1.807, 2.05) is 31.2 Å². The SMILES string of the molecule is CC(=O)c1ccc(NC(=O)COC(=O)[C@H]2CC(=O)N(c3ccccc3C)C2)cc1. The van der Waals surface area contributed by atoms with E-state index in [0.29, 0.717) is 11.3 Å². The van der Waals surface area contributed by atoms with Gasteiger partial charge in [0.1, 0.15) is 0 Å². The molecule has 2 amide bonds. The molecule has 1 N–H and O–H groups in total. The molecule has 1 atom stereocenters. The van der Waals surface area contributed by atoms with Crippen LogP contribution in [-0.4, -0.2) is 36.7 Å². The number of rotatable bonds is 6. The number of aryl methyl sites for hydroxylation is 1. The summed E-state index contributed by atoms with van der Waals surface area (Å²) in [6.45, 7) is 3.15. The molecule has 0 radical (unpaired) electrons. The molecule has 7 nitrogen and oxygen atoms in total. The summed E-state index contributed by atoms with van der Waals surface area (Å²) in [5, 5.41) is 2.60. The first-order valence-corrected chi connectivity index (χ1v) is 9.28. The number of para-hydroxylation sites is 1. The van der Waals surface area contributed by atoms with Crippen LogP contribution in [-0.2, 0) is 19.1 Å². The van der Waals surface area contributed by atoms with Crippen LogP contribution in [0.4, 0.5) is 11.4 Å². The van der Waals surface area contributed by atoms with Crippen LogP contribution >= 0.6 is 0 Å². The first-order chi connectivity index (χ1) is 13.8. The lowest BCUT2D eigenvalue weighted by Gasteiger charge is -2.18. The molecular weight excluding hydrogens is 372 g/mol. The lowest BCUT2D eigenvalue weighted by molar-refractivity contribution is -0.151. The molecule has 2 aromatic rings. The Bertz CT molecular complexity index is 952. The van der Waals surface area contributed by atoms with Crippen molar-refractivity contribution in [2.75, 3.05) is 23.4 Å². The number of ether oxygens (including phenoxy) is 1. The third-order valence-corrected chi connectivity index (χ3v) is 4.79. The highest BCUT2D eigenvalue weighted by molar-refractivity contribution is 6.00. The van der Waals surface area contributed by atoms with Gasteiger partial charge in [0.05, 0.1) is 5.92 Å². The van der Waals surface area contributed by atoms with Gasteiger partial charge in [0.2, 0.25) is 5.91 Å². The second-order valence-corrected chi connectivity index (χ2v) is 6.98. The Labute approximate surface area is 168 Å². The van der Waals surface area contributed by atoms with E-state index in [1.165, 1.54) is 6.92 Å². The Kier molecular flexibility index (Phi) is 6.07. The average Bonchev–Trinajstić information content (AvgIpc) is 3.08. The number of hydrogen-bond donors (Lipinski definition) is 1. The van der Waals surface area contributed by atoms with Crippen LogP contribution in [0.2, 0.25) is 0 Å². The third-order valence-electron chi connectivity index (χ3n) is 4.79. The van der Waals surface area contributed by atoms with E-state index in [4.69, 9.17) is 4.74 Å². The molecule has 1 aliphatic heterocycles. The van der Waals surface area contributed by atoms with Crippen molar-refractivity contribution < 1.29 is 23.9 Å². The minimum absolute atomic E-state index is 0.0568. The number of ketones is 1. The van der Waals surface area contributed by atoms with E-state index in [0.717, 1.165) is 11.3 Å². The largest absolute Gasteiger partial charge is 0.455 e. The maximum atomic E-state index is 12.3. The molecule has 0 aromatic heterocycles. The summed E-state index contributed by atoms with van der Waals surface area (Å²) >= 11 is 0. The Morgan fingerprint density at radius 3 is 2.45 bits per heavy atom. The van der Waals surface area contributed by atoms with Crippen LogP contribution in [0.5, 0.6) is 0 Å². The molecule has 7 heteroatoms. The quantitative estimate of drug-likeness (QED) is 0.601. The van der Waals surface area contributed by atoms with Gasteiger partial charge in [0, 0.05) is 29.9 Å². The summed E-state index contributed by atoms with van der Waals surface area (Å²) in [5.41, 5.74) is 2.76. The van der Waals surface area contributed by atoms with Gasteiger partial charge in [-0.15, -0.1) is 0 Å². The van der Waals surface area contributed by atoms with Crippen LogP contribution in [0.15, 0.2) is 48.5 Å². The van der Waals surface area contributed by atoms with Crippen molar-refractivity contribution in [2.45, 2.75) is 20.3 Å². The standard InChI is InChI=1S/C22H22N2O5/c1-14-5-3-4-6-19(14)24-12-17(11-21(24)27)22(28)29-13-20(26)23-18-9-7-16(8-10-18)15(2)25/h3-10,17H,11-13H2,1-2H3,(H,23,26)/t17-/m0/s1. The minimum Gasteiger partial charge on any atom is -0.455 e. The van der Waals surface area contributed by atoms with Gasteiger partial charge in [-0.05, 0) is 49.7 Å². The summed E-state index contributed by atoms with van der Waals surface area (Å²) < 4.78 is 5.10. The second-order valence-electron chi connectivity index (χ2n) is 6.98. The molecule has 1 aliphatic rings. The number of esters is 1. The van der Waals surface area contributed by atoms with E-state index in [-0.39, 0.29) is 24.7 Å². The lowest BCUT2D eigenvalue weighted by Crippen LogP contribution is -2.28. The molecule has 3 rings (SSSR count). The summed E-state index contributed by atoms with van der Waals surface area (Å²) in [6.07, 6.45) is 0.0568. The number of nitrogens with zero attached hydrogens (tertiary/aromatic N) is 1. The highest BCUT2D eigenvalue weighted by Crippen LogP contribution is 2.28. The van der Waals surface area contributed by atoms with Crippen LogP contribution in [0.25, 0.3) is 0 Å². The summed E-state index contributed by atoms with van der Waals surface area (Å²) in [5.74, 6) is -1.88. The molecule has 1 heterocycles. The highest BCUT2D eigenvalue weighted by atomic mass is 16.5. The molecule has 0 unspecified atom stereocenters. The van der Waals surface area contributed by atoms with Gasteiger partial charge in [-0.2, -0.15) is 0 Å². The Morgan fingerprint density at radius 1 is 1.10 bits per heavy atom. The zero-order valence-corrected chi connectivity index (χ0v) is 16.3. The number of Topliss-reactive ketones (excluding diaryl/α,β-unsaturated/α-hetero) is 1. The van der Waals surface area contributed by atoms with E-state index < -0.39 is 24.4 Å². The fraction of sp³-hybridized carbons (Fsp3) is 0.273. The molecule has 2 aromatic carbocycles. The fourth-order valence-electron chi connectivity index (χ4n) is 3.20.